The maximum Gasteiger partial charge on any atom is 0.123 e. The van der Waals surface area contributed by atoms with Crippen molar-refractivity contribution in [1.82, 2.24) is 15.1 Å². The molecule has 1 aliphatic carbocycles. The Morgan fingerprint density at radius 2 is 2.21 bits per heavy atom. The third-order valence-corrected chi connectivity index (χ3v) is 3.52. The Kier molecular flexibility index (Phi) is 3.34. The predicted octanol–water partition coefficient (Wildman–Crippen LogP) is 2.96. The van der Waals surface area contributed by atoms with Crippen LogP contribution in [-0.2, 0) is 13.1 Å². The second-order valence-electron chi connectivity index (χ2n) is 4.99. The zero-order valence-electron chi connectivity index (χ0n) is 11.1. The first-order chi connectivity index (χ1) is 9.28. The molecule has 100 valence electrons. The Balaban J connectivity index is 1.94. The molecule has 0 radical (unpaired) electrons. The molecule has 2 aromatic rings. The maximum atomic E-state index is 13.5. The van der Waals surface area contributed by atoms with Gasteiger partial charge in [-0.15, -0.1) is 0 Å². The molecule has 1 aliphatic rings. The van der Waals surface area contributed by atoms with Gasteiger partial charge in [-0.05, 0) is 43.5 Å². The lowest BCUT2D eigenvalue weighted by Gasteiger charge is -2.12. The smallest absolute Gasteiger partial charge is 0.123 e. The number of nitrogens with zero attached hydrogens (tertiary/aromatic N) is 2. The summed E-state index contributed by atoms with van der Waals surface area (Å²) in [4.78, 5) is 0. The largest absolute Gasteiger partial charge is 0.310 e. The molecular formula is C15H18FN3. The summed E-state index contributed by atoms with van der Waals surface area (Å²) in [5.74, 6) is -0.200. The Hall–Kier alpha value is -1.68. The first-order valence-electron chi connectivity index (χ1n) is 6.82. The molecule has 1 N–H and O–H groups in total. The van der Waals surface area contributed by atoms with E-state index < -0.39 is 0 Å². The highest BCUT2D eigenvalue weighted by molar-refractivity contribution is 5.64. The fourth-order valence-corrected chi connectivity index (χ4v) is 2.30. The average Bonchev–Trinajstić information content (AvgIpc) is 3.12. The Morgan fingerprint density at radius 3 is 2.95 bits per heavy atom. The molecule has 0 unspecified atom stereocenters. The van der Waals surface area contributed by atoms with E-state index in [9.17, 15) is 4.39 Å². The number of halogens is 1. The highest BCUT2D eigenvalue weighted by Gasteiger charge is 2.21. The van der Waals surface area contributed by atoms with Crippen molar-refractivity contribution >= 4 is 0 Å². The first-order valence-corrected chi connectivity index (χ1v) is 6.82. The van der Waals surface area contributed by atoms with Crippen LogP contribution in [-0.4, -0.2) is 15.8 Å². The highest BCUT2D eigenvalue weighted by Crippen LogP contribution is 2.26. The lowest BCUT2D eigenvalue weighted by Crippen LogP contribution is -2.16. The molecule has 3 rings (SSSR count). The van der Waals surface area contributed by atoms with E-state index in [1.54, 1.807) is 12.3 Å². The molecule has 1 heterocycles. The van der Waals surface area contributed by atoms with Gasteiger partial charge in [0.2, 0.25) is 0 Å². The van der Waals surface area contributed by atoms with E-state index in [0.29, 0.717) is 6.04 Å². The fourth-order valence-electron chi connectivity index (χ4n) is 2.30. The maximum absolute atomic E-state index is 13.5. The van der Waals surface area contributed by atoms with Gasteiger partial charge in [-0.25, -0.2) is 4.39 Å². The van der Waals surface area contributed by atoms with Gasteiger partial charge in [0.25, 0.3) is 0 Å². The quantitative estimate of drug-likeness (QED) is 0.894. The predicted molar refractivity (Wildman–Crippen MR) is 73.2 cm³/mol. The second-order valence-corrected chi connectivity index (χ2v) is 4.99. The van der Waals surface area contributed by atoms with E-state index in [1.807, 2.05) is 23.7 Å². The fraction of sp³-hybridized carbons (Fsp3) is 0.400. The minimum absolute atomic E-state index is 0.200. The Morgan fingerprint density at radius 1 is 1.37 bits per heavy atom. The van der Waals surface area contributed by atoms with Crippen molar-refractivity contribution in [3.8, 4) is 11.3 Å². The van der Waals surface area contributed by atoms with Crippen molar-refractivity contribution in [1.29, 1.82) is 0 Å². The molecule has 1 saturated carbocycles. The van der Waals surface area contributed by atoms with E-state index >= 15 is 0 Å². The van der Waals surface area contributed by atoms with Gasteiger partial charge >= 0.3 is 0 Å². The second kappa shape index (κ2) is 5.13. The summed E-state index contributed by atoms with van der Waals surface area (Å²) >= 11 is 0. The average molecular weight is 259 g/mol. The number of nitrogens with one attached hydrogen (secondary N) is 1. The van der Waals surface area contributed by atoms with Gasteiger partial charge in [-0.2, -0.15) is 5.10 Å². The van der Waals surface area contributed by atoms with Gasteiger partial charge in [0.1, 0.15) is 5.82 Å². The number of rotatable bonds is 5. The van der Waals surface area contributed by atoms with Crippen molar-refractivity contribution in [2.24, 2.45) is 0 Å². The molecule has 4 heteroatoms. The number of hydrogen-bond acceptors (Lipinski definition) is 2. The zero-order valence-corrected chi connectivity index (χ0v) is 11.1. The summed E-state index contributed by atoms with van der Waals surface area (Å²) in [6.45, 7) is 3.61. The molecule has 0 atom stereocenters. The minimum atomic E-state index is -0.200. The summed E-state index contributed by atoms with van der Waals surface area (Å²) in [5, 5.41) is 7.74. The van der Waals surface area contributed by atoms with Crippen LogP contribution in [0.1, 0.15) is 25.3 Å². The van der Waals surface area contributed by atoms with Crippen LogP contribution >= 0.6 is 0 Å². The lowest BCUT2D eigenvalue weighted by atomic mass is 10.0. The van der Waals surface area contributed by atoms with Gasteiger partial charge in [0, 0.05) is 30.9 Å². The van der Waals surface area contributed by atoms with Crippen LogP contribution < -0.4 is 5.32 Å². The van der Waals surface area contributed by atoms with Gasteiger partial charge < -0.3 is 5.32 Å². The lowest BCUT2D eigenvalue weighted by molar-refractivity contribution is 0.623. The van der Waals surface area contributed by atoms with Crippen LogP contribution in [0.15, 0.2) is 30.5 Å². The van der Waals surface area contributed by atoms with Crippen LogP contribution in [0.4, 0.5) is 4.39 Å². The van der Waals surface area contributed by atoms with E-state index in [1.165, 1.54) is 18.9 Å². The highest BCUT2D eigenvalue weighted by atomic mass is 19.1. The van der Waals surface area contributed by atoms with Crippen LogP contribution in [0.5, 0.6) is 0 Å². The van der Waals surface area contributed by atoms with Crippen molar-refractivity contribution in [2.75, 3.05) is 0 Å². The summed E-state index contributed by atoms with van der Waals surface area (Å²) < 4.78 is 15.4. The molecule has 0 saturated heterocycles. The summed E-state index contributed by atoms with van der Waals surface area (Å²) in [5.41, 5.74) is 3.05. The third-order valence-electron chi connectivity index (χ3n) is 3.52. The van der Waals surface area contributed by atoms with Crippen molar-refractivity contribution < 1.29 is 4.39 Å². The van der Waals surface area contributed by atoms with Gasteiger partial charge in [-0.1, -0.05) is 6.07 Å². The van der Waals surface area contributed by atoms with Crippen molar-refractivity contribution in [3.63, 3.8) is 0 Å². The molecule has 1 aromatic carbocycles. The summed E-state index contributed by atoms with van der Waals surface area (Å²) in [6, 6.07) is 7.59. The van der Waals surface area contributed by atoms with Crippen LogP contribution in [0.3, 0.4) is 0 Å². The molecule has 0 aliphatic heterocycles. The SMILES string of the molecule is CCn1nccc1-c1cc(F)ccc1CNC1CC1. The zero-order chi connectivity index (χ0) is 13.2. The number of aromatic nitrogens is 2. The number of hydrogen-bond donors (Lipinski definition) is 1. The van der Waals surface area contributed by atoms with Gasteiger partial charge in [0.05, 0.1) is 5.69 Å². The molecule has 0 spiro atoms. The molecule has 1 aromatic heterocycles. The standard InChI is InChI=1S/C15H18FN3/c1-2-19-15(7-8-18-19)14-9-12(16)4-3-11(14)10-17-13-5-6-13/h3-4,7-9,13,17H,2,5-6,10H2,1H3. The molecule has 19 heavy (non-hydrogen) atoms. The Bertz CT molecular complexity index is 573. The van der Waals surface area contributed by atoms with Gasteiger partial charge in [0.15, 0.2) is 0 Å². The Labute approximate surface area is 112 Å². The van der Waals surface area contributed by atoms with Crippen LogP contribution in [0.2, 0.25) is 0 Å². The molecule has 3 nitrogen and oxygen atoms in total. The van der Waals surface area contributed by atoms with E-state index in [4.69, 9.17) is 0 Å². The van der Waals surface area contributed by atoms with Gasteiger partial charge in [-0.3, -0.25) is 4.68 Å². The van der Waals surface area contributed by atoms with E-state index in [0.717, 1.165) is 29.9 Å². The summed E-state index contributed by atoms with van der Waals surface area (Å²) in [6.07, 6.45) is 4.27. The normalized spacial score (nSPS) is 14.8. The molecular weight excluding hydrogens is 241 g/mol. The van der Waals surface area contributed by atoms with E-state index in [2.05, 4.69) is 10.4 Å². The van der Waals surface area contributed by atoms with Crippen LogP contribution in [0.25, 0.3) is 11.3 Å². The van der Waals surface area contributed by atoms with Crippen LogP contribution in [0, 0.1) is 5.82 Å². The minimum Gasteiger partial charge on any atom is -0.310 e. The van der Waals surface area contributed by atoms with Crippen molar-refractivity contribution in [3.05, 3.63) is 41.8 Å². The third kappa shape index (κ3) is 2.68. The number of aryl methyl sites for hydroxylation is 1. The number of benzene rings is 1. The molecule has 1 fully saturated rings. The topological polar surface area (TPSA) is 29.9 Å². The first kappa shape index (κ1) is 12.4. The van der Waals surface area contributed by atoms with E-state index in [-0.39, 0.29) is 5.82 Å². The van der Waals surface area contributed by atoms with Crippen molar-refractivity contribution in [2.45, 2.75) is 38.9 Å². The molecule has 0 amide bonds. The monoisotopic (exact) mass is 259 g/mol. The summed E-state index contributed by atoms with van der Waals surface area (Å²) in [7, 11) is 0. The molecule has 0 bridgehead atoms.